The third kappa shape index (κ3) is 4.01. The molecule has 1 N–H and O–H groups in total. The van der Waals surface area contributed by atoms with Gasteiger partial charge in [-0.25, -0.2) is 13.4 Å². The summed E-state index contributed by atoms with van der Waals surface area (Å²) in [4.78, 5) is 16.0. The molecule has 0 aliphatic carbocycles. The van der Waals surface area contributed by atoms with Crippen LogP contribution in [0.25, 0.3) is 0 Å². The van der Waals surface area contributed by atoms with Gasteiger partial charge in [0.05, 0.1) is 17.2 Å². The Hall–Kier alpha value is -0.950. The van der Waals surface area contributed by atoms with Gasteiger partial charge in [0.25, 0.3) is 0 Å². The third-order valence-corrected chi connectivity index (χ3v) is 5.76. The zero-order chi connectivity index (χ0) is 14.0. The molecule has 7 heteroatoms. The fourth-order valence-corrected chi connectivity index (χ4v) is 4.19. The van der Waals surface area contributed by atoms with Crippen molar-refractivity contribution in [1.82, 2.24) is 4.98 Å². The average molecular weight is 347 g/mol. The first kappa shape index (κ1) is 14.5. The summed E-state index contributed by atoms with van der Waals surface area (Å²) in [5.41, 5.74) is 0.793. The normalized spacial score (nSPS) is 21.3. The second-order valence-electron chi connectivity index (χ2n) is 4.79. The molecule has 0 unspecified atom stereocenters. The molecule has 1 aromatic heterocycles. The number of nitrogens with zero attached hydrogens (tertiary/aromatic N) is 1. The molecule has 1 amide bonds. The number of nitrogens with one attached hydrogen (secondary N) is 1. The molecule has 0 bridgehead atoms. The van der Waals surface area contributed by atoms with Crippen LogP contribution in [0.5, 0.6) is 0 Å². The van der Waals surface area contributed by atoms with Crippen molar-refractivity contribution in [3.63, 3.8) is 0 Å². The summed E-state index contributed by atoms with van der Waals surface area (Å²) in [5, 5.41) is 2.70. The van der Waals surface area contributed by atoms with Crippen molar-refractivity contribution < 1.29 is 13.2 Å². The maximum atomic E-state index is 11.8. The first-order valence-corrected chi connectivity index (χ1v) is 8.60. The molecule has 0 spiro atoms. The van der Waals surface area contributed by atoms with Crippen LogP contribution in [0.4, 0.5) is 5.82 Å². The first-order valence-electron chi connectivity index (χ1n) is 5.99. The fourth-order valence-electron chi connectivity index (χ4n) is 2.10. The molecule has 5 nitrogen and oxygen atoms in total. The Morgan fingerprint density at radius 2 is 2.26 bits per heavy atom. The molecule has 19 heavy (non-hydrogen) atoms. The van der Waals surface area contributed by atoms with Crippen LogP contribution in [0.3, 0.4) is 0 Å². The van der Waals surface area contributed by atoms with E-state index in [-0.39, 0.29) is 29.8 Å². The number of aryl methyl sites for hydroxylation is 1. The summed E-state index contributed by atoms with van der Waals surface area (Å²) in [7, 11) is -2.93. The Morgan fingerprint density at radius 3 is 2.84 bits per heavy atom. The second-order valence-corrected chi connectivity index (χ2v) is 7.87. The molecule has 2 rings (SSSR count). The topological polar surface area (TPSA) is 76.1 Å². The summed E-state index contributed by atoms with van der Waals surface area (Å²) in [6, 6.07) is 3.53. The van der Waals surface area contributed by atoms with Gasteiger partial charge in [-0.15, -0.1) is 0 Å². The van der Waals surface area contributed by atoms with Crippen molar-refractivity contribution in [3.8, 4) is 0 Å². The summed E-state index contributed by atoms with van der Waals surface area (Å²) >= 11 is 3.34. The van der Waals surface area contributed by atoms with Crippen molar-refractivity contribution in [2.45, 2.75) is 19.8 Å². The van der Waals surface area contributed by atoms with E-state index in [1.807, 2.05) is 13.0 Å². The number of aromatic nitrogens is 1. The van der Waals surface area contributed by atoms with E-state index < -0.39 is 9.84 Å². The Kier molecular flexibility index (Phi) is 4.25. The molecular formula is C12H15BrN2O3S. The van der Waals surface area contributed by atoms with Crippen LogP contribution in [0.2, 0.25) is 0 Å². The van der Waals surface area contributed by atoms with E-state index in [1.54, 1.807) is 6.07 Å². The van der Waals surface area contributed by atoms with Crippen LogP contribution >= 0.6 is 15.9 Å². The van der Waals surface area contributed by atoms with Crippen LogP contribution in [-0.4, -0.2) is 30.8 Å². The number of pyridine rings is 1. The van der Waals surface area contributed by atoms with Crippen molar-refractivity contribution in [3.05, 3.63) is 22.3 Å². The number of carbonyl (C=O) groups excluding carboxylic acids is 1. The first-order chi connectivity index (χ1) is 8.85. The van der Waals surface area contributed by atoms with Crippen LogP contribution in [0.15, 0.2) is 16.6 Å². The molecule has 1 saturated heterocycles. The Labute approximate surface area is 120 Å². The molecule has 0 aromatic carbocycles. The second kappa shape index (κ2) is 5.58. The van der Waals surface area contributed by atoms with E-state index in [2.05, 4.69) is 26.2 Å². The molecule has 104 valence electrons. The van der Waals surface area contributed by atoms with Crippen LogP contribution < -0.4 is 5.32 Å². The zero-order valence-electron chi connectivity index (χ0n) is 10.5. The minimum Gasteiger partial charge on any atom is -0.311 e. The number of sulfone groups is 1. The van der Waals surface area contributed by atoms with E-state index >= 15 is 0 Å². The molecule has 0 saturated carbocycles. The van der Waals surface area contributed by atoms with Gasteiger partial charge in [0.2, 0.25) is 5.91 Å². The maximum Gasteiger partial charge on any atom is 0.225 e. The maximum absolute atomic E-state index is 11.8. The Bertz CT molecular complexity index is 601. The number of anilines is 1. The predicted molar refractivity (Wildman–Crippen MR) is 76.7 cm³/mol. The highest BCUT2D eigenvalue weighted by atomic mass is 79.9. The molecule has 1 aromatic rings. The molecule has 1 aliphatic heterocycles. The smallest absolute Gasteiger partial charge is 0.225 e. The summed E-state index contributed by atoms with van der Waals surface area (Å²) in [6.07, 6.45) is 0.804. The van der Waals surface area contributed by atoms with Crippen LogP contribution in [-0.2, 0) is 14.6 Å². The number of hydrogen-bond donors (Lipinski definition) is 1. The third-order valence-electron chi connectivity index (χ3n) is 3.09. The molecule has 1 atom stereocenters. The number of hydrogen-bond acceptors (Lipinski definition) is 4. The van der Waals surface area contributed by atoms with Crippen molar-refractivity contribution in [1.29, 1.82) is 0 Å². The van der Waals surface area contributed by atoms with Crippen LogP contribution in [0, 0.1) is 12.8 Å². The molecular weight excluding hydrogens is 332 g/mol. The van der Waals surface area contributed by atoms with Gasteiger partial charge < -0.3 is 5.32 Å². The van der Waals surface area contributed by atoms with Gasteiger partial charge >= 0.3 is 0 Å². The van der Waals surface area contributed by atoms with E-state index in [1.165, 1.54) is 0 Å². The van der Waals surface area contributed by atoms with E-state index in [4.69, 9.17) is 0 Å². The van der Waals surface area contributed by atoms with Gasteiger partial charge in [0.1, 0.15) is 5.82 Å². The minimum absolute atomic E-state index is 0.0680. The van der Waals surface area contributed by atoms with Gasteiger partial charge in [0.15, 0.2) is 9.84 Å². The monoisotopic (exact) mass is 346 g/mol. The van der Waals surface area contributed by atoms with E-state index in [9.17, 15) is 13.2 Å². The van der Waals surface area contributed by atoms with Gasteiger partial charge in [-0.3, -0.25) is 4.79 Å². The quantitative estimate of drug-likeness (QED) is 0.906. The lowest BCUT2D eigenvalue weighted by Gasteiger charge is -2.09. The molecule has 0 radical (unpaired) electrons. The van der Waals surface area contributed by atoms with Crippen molar-refractivity contribution in [2.75, 3.05) is 16.8 Å². The molecule has 2 heterocycles. The average Bonchev–Trinajstić information content (AvgIpc) is 2.63. The van der Waals surface area contributed by atoms with Crippen LogP contribution in [0.1, 0.15) is 18.5 Å². The summed E-state index contributed by atoms with van der Waals surface area (Å²) < 4.78 is 23.5. The lowest BCUT2D eigenvalue weighted by molar-refractivity contribution is -0.116. The van der Waals surface area contributed by atoms with Gasteiger partial charge in [-0.05, 0) is 47.3 Å². The standard InChI is InChI=1S/C12H15BrN2O3S/c1-8-10(13)2-3-11(14-8)15-12(16)6-9-4-5-19(17,18)7-9/h2-3,9H,4-7H2,1H3,(H,14,15,16)/t9-/m1/s1. The van der Waals surface area contributed by atoms with E-state index in [0.717, 1.165) is 10.2 Å². The van der Waals surface area contributed by atoms with Gasteiger partial charge in [0, 0.05) is 10.9 Å². The number of rotatable bonds is 3. The van der Waals surface area contributed by atoms with Gasteiger partial charge in [-0.1, -0.05) is 0 Å². The van der Waals surface area contributed by atoms with Gasteiger partial charge in [-0.2, -0.15) is 0 Å². The zero-order valence-corrected chi connectivity index (χ0v) is 12.9. The predicted octanol–water partition coefficient (Wildman–Crippen LogP) is 1.92. The highest BCUT2D eigenvalue weighted by Gasteiger charge is 2.29. The Morgan fingerprint density at radius 1 is 1.53 bits per heavy atom. The lowest BCUT2D eigenvalue weighted by atomic mass is 10.1. The van der Waals surface area contributed by atoms with E-state index in [0.29, 0.717) is 12.2 Å². The van der Waals surface area contributed by atoms with Crippen molar-refractivity contribution >= 4 is 37.5 Å². The largest absolute Gasteiger partial charge is 0.311 e. The lowest BCUT2D eigenvalue weighted by Crippen LogP contribution is -2.18. The van der Waals surface area contributed by atoms with Crippen molar-refractivity contribution in [2.24, 2.45) is 5.92 Å². The minimum atomic E-state index is -2.93. The highest BCUT2D eigenvalue weighted by Crippen LogP contribution is 2.22. The number of halogens is 1. The summed E-state index contributed by atoms with van der Waals surface area (Å²) in [5.74, 6) is 0.554. The number of carbonyl (C=O) groups is 1. The number of amides is 1. The SMILES string of the molecule is Cc1nc(NC(=O)C[C@H]2CCS(=O)(=O)C2)ccc1Br. The molecule has 1 aliphatic rings. The Balaban J connectivity index is 1.93. The summed E-state index contributed by atoms with van der Waals surface area (Å²) in [6.45, 7) is 1.84. The highest BCUT2D eigenvalue weighted by molar-refractivity contribution is 9.10. The molecule has 1 fully saturated rings. The fraction of sp³-hybridized carbons (Fsp3) is 0.500.